The van der Waals surface area contributed by atoms with Gasteiger partial charge in [-0.3, -0.25) is 9.88 Å². The second-order valence-corrected chi connectivity index (χ2v) is 7.35. The van der Waals surface area contributed by atoms with Gasteiger partial charge in [0.1, 0.15) is 0 Å². The van der Waals surface area contributed by atoms with Crippen LogP contribution in [0.5, 0.6) is 0 Å². The molecule has 1 fully saturated rings. The molecule has 3 heterocycles. The van der Waals surface area contributed by atoms with Crippen LogP contribution in [0.3, 0.4) is 0 Å². The Labute approximate surface area is 149 Å². The van der Waals surface area contributed by atoms with E-state index in [1.54, 1.807) is 0 Å². The fraction of sp³-hybridized carbons (Fsp3) is 0.381. The van der Waals surface area contributed by atoms with Crippen LogP contribution in [0.4, 0.5) is 5.69 Å². The third-order valence-corrected chi connectivity index (χ3v) is 5.38. The average Bonchev–Trinajstić information content (AvgIpc) is 3.22. The molecule has 0 spiro atoms. The van der Waals surface area contributed by atoms with Gasteiger partial charge in [0.2, 0.25) is 0 Å². The molecule has 0 aliphatic carbocycles. The smallest absolute Gasteiger partial charge is 0.0461 e. The quantitative estimate of drug-likeness (QED) is 0.786. The van der Waals surface area contributed by atoms with Crippen LogP contribution < -0.4 is 4.90 Å². The van der Waals surface area contributed by atoms with E-state index in [1.807, 2.05) is 12.4 Å². The predicted molar refractivity (Wildman–Crippen MR) is 104 cm³/mol. The molecule has 1 aliphatic rings. The lowest BCUT2D eigenvalue weighted by atomic mass is 10.1. The number of H-pyrrole nitrogens is 1. The Bertz CT molecular complexity index is 868. The monoisotopic (exact) mass is 334 g/mol. The van der Waals surface area contributed by atoms with Gasteiger partial charge in [0, 0.05) is 60.4 Å². The summed E-state index contributed by atoms with van der Waals surface area (Å²) < 4.78 is 0. The van der Waals surface area contributed by atoms with Crippen LogP contribution in [0.2, 0.25) is 0 Å². The number of nitrogens with zero attached hydrogens (tertiary/aromatic N) is 3. The van der Waals surface area contributed by atoms with Gasteiger partial charge in [-0.2, -0.15) is 0 Å². The van der Waals surface area contributed by atoms with E-state index in [9.17, 15) is 0 Å². The lowest BCUT2D eigenvalue weighted by Gasteiger charge is -2.24. The largest absolute Gasteiger partial charge is 0.370 e. The SMILES string of the molecule is Cc1cc(C)c2cc(CN(C)C3CCN(c4ccncc4)C3)[nH]c2c1. The number of aromatic amines is 1. The summed E-state index contributed by atoms with van der Waals surface area (Å²) in [6.45, 7) is 7.51. The number of nitrogens with one attached hydrogen (secondary N) is 1. The van der Waals surface area contributed by atoms with Crippen LogP contribution in [-0.2, 0) is 6.54 Å². The standard InChI is InChI=1S/C21H26N4/c1-15-10-16(2)20-12-17(23-21(20)11-15)13-24(3)19-6-9-25(14-19)18-4-7-22-8-5-18/h4-5,7-8,10-12,19,23H,6,9,13-14H2,1-3H3. The van der Waals surface area contributed by atoms with Crippen LogP contribution in [0.25, 0.3) is 10.9 Å². The second-order valence-electron chi connectivity index (χ2n) is 7.35. The molecule has 1 aliphatic heterocycles. The number of likely N-dealkylation sites (N-methyl/N-ethyl adjacent to an activating group) is 1. The van der Waals surface area contributed by atoms with Crippen molar-refractivity contribution >= 4 is 16.6 Å². The van der Waals surface area contributed by atoms with Crippen LogP contribution in [0, 0.1) is 13.8 Å². The van der Waals surface area contributed by atoms with Crippen LogP contribution >= 0.6 is 0 Å². The molecular weight excluding hydrogens is 308 g/mol. The number of fused-ring (bicyclic) bond motifs is 1. The molecule has 130 valence electrons. The molecule has 0 radical (unpaired) electrons. The van der Waals surface area contributed by atoms with E-state index in [2.05, 4.69) is 71.0 Å². The fourth-order valence-corrected chi connectivity index (χ4v) is 4.03. The van der Waals surface area contributed by atoms with Gasteiger partial charge in [0.25, 0.3) is 0 Å². The van der Waals surface area contributed by atoms with Gasteiger partial charge in [-0.1, -0.05) is 6.07 Å². The molecule has 1 saturated heterocycles. The summed E-state index contributed by atoms with van der Waals surface area (Å²) in [5.74, 6) is 0. The average molecular weight is 334 g/mol. The van der Waals surface area contributed by atoms with E-state index >= 15 is 0 Å². The summed E-state index contributed by atoms with van der Waals surface area (Å²) in [5, 5.41) is 1.35. The molecule has 4 nitrogen and oxygen atoms in total. The first-order valence-electron chi connectivity index (χ1n) is 9.04. The van der Waals surface area contributed by atoms with Crippen molar-refractivity contribution in [3.63, 3.8) is 0 Å². The highest BCUT2D eigenvalue weighted by Gasteiger charge is 2.26. The van der Waals surface area contributed by atoms with Crippen molar-refractivity contribution in [1.29, 1.82) is 0 Å². The normalized spacial score (nSPS) is 17.8. The number of anilines is 1. The third-order valence-electron chi connectivity index (χ3n) is 5.38. The topological polar surface area (TPSA) is 35.2 Å². The molecule has 25 heavy (non-hydrogen) atoms. The maximum absolute atomic E-state index is 4.12. The van der Waals surface area contributed by atoms with Gasteiger partial charge in [-0.15, -0.1) is 0 Å². The van der Waals surface area contributed by atoms with Gasteiger partial charge in [0.05, 0.1) is 0 Å². The Hall–Kier alpha value is -2.33. The first kappa shape index (κ1) is 16.2. The van der Waals surface area contributed by atoms with Crippen molar-refractivity contribution in [2.45, 2.75) is 32.9 Å². The van der Waals surface area contributed by atoms with E-state index in [-0.39, 0.29) is 0 Å². The van der Waals surface area contributed by atoms with Crippen molar-refractivity contribution in [1.82, 2.24) is 14.9 Å². The molecule has 4 heteroatoms. The lowest BCUT2D eigenvalue weighted by molar-refractivity contribution is 0.248. The number of aryl methyl sites for hydroxylation is 2. The highest BCUT2D eigenvalue weighted by Crippen LogP contribution is 2.25. The Kier molecular flexibility index (Phi) is 4.22. The van der Waals surface area contributed by atoms with Crippen molar-refractivity contribution in [3.8, 4) is 0 Å². The molecular formula is C21H26N4. The number of benzene rings is 1. The maximum Gasteiger partial charge on any atom is 0.0461 e. The van der Waals surface area contributed by atoms with E-state index in [4.69, 9.17) is 0 Å². The minimum atomic E-state index is 0.586. The Morgan fingerprint density at radius 2 is 2.00 bits per heavy atom. The van der Waals surface area contributed by atoms with Crippen molar-refractivity contribution in [2.24, 2.45) is 0 Å². The van der Waals surface area contributed by atoms with Gasteiger partial charge < -0.3 is 9.88 Å². The van der Waals surface area contributed by atoms with Crippen molar-refractivity contribution < 1.29 is 0 Å². The number of rotatable bonds is 4. The zero-order valence-corrected chi connectivity index (χ0v) is 15.3. The summed E-state index contributed by atoms with van der Waals surface area (Å²) in [4.78, 5) is 12.7. The molecule has 1 unspecified atom stereocenters. The molecule has 0 amide bonds. The zero-order valence-electron chi connectivity index (χ0n) is 15.3. The van der Waals surface area contributed by atoms with Gasteiger partial charge >= 0.3 is 0 Å². The molecule has 4 rings (SSSR count). The molecule has 1 atom stereocenters. The van der Waals surface area contributed by atoms with Gasteiger partial charge in [0.15, 0.2) is 0 Å². The highest BCUT2D eigenvalue weighted by molar-refractivity contribution is 5.84. The first-order chi connectivity index (χ1) is 12.1. The second kappa shape index (κ2) is 6.52. The number of hydrogen-bond acceptors (Lipinski definition) is 3. The van der Waals surface area contributed by atoms with Gasteiger partial charge in [-0.25, -0.2) is 0 Å². The molecule has 1 aromatic carbocycles. The minimum absolute atomic E-state index is 0.586. The van der Waals surface area contributed by atoms with E-state index in [0.29, 0.717) is 6.04 Å². The number of aromatic nitrogens is 2. The summed E-state index contributed by atoms with van der Waals surface area (Å²) in [6, 6.07) is 11.6. The van der Waals surface area contributed by atoms with Crippen molar-refractivity contribution in [2.75, 3.05) is 25.0 Å². The molecule has 0 bridgehead atoms. The van der Waals surface area contributed by atoms with Crippen molar-refractivity contribution in [3.05, 3.63) is 59.5 Å². The minimum Gasteiger partial charge on any atom is -0.370 e. The maximum atomic E-state index is 4.12. The Morgan fingerprint density at radius 3 is 2.80 bits per heavy atom. The van der Waals surface area contributed by atoms with Crippen LogP contribution in [0.1, 0.15) is 23.2 Å². The lowest BCUT2D eigenvalue weighted by Crippen LogP contribution is -2.34. The highest BCUT2D eigenvalue weighted by atomic mass is 15.2. The summed E-state index contributed by atoms with van der Waals surface area (Å²) in [6.07, 6.45) is 4.96. The van der Waals surface area contributed by atoms with E-state index in [1.165, 1.54) is 39.8 Å². The molecule has 0 saturated carbocycles. The molecule has 1 N–H and O–H groups in total. The number of hydrogen-bond donors (Lipinski definition) is 1. The van der Waals surface area contributed by atoms with Gasteiger partial charge in [-0.05, 0) is 62.7 Å². The fourth-order valence-electron chi connectivity index (χ4n) is 4.03. The molecule has 2 aromatic heterocycles. The summed E-state index contributed by atoms with van der Waals surface area (Å²) in [5.41, 5.74) is 6.50. The predicted octanol–water partition coefficient (Wildman–Crippen LogP) is 3.89. The zero-order chi connectivity index (χ0) is 17.4. The first-order valence-corrected chi connectivity index (χ1v) is 9.04. The Morgan fingerprint density at radius 1 is 1.20 bits per heavy atom. The number of pyridine rings is 1. The van der Waals surface area contributed by atoms with Crippen LogP contribution in [0.15, 0.2) is 42.7 Å². The van der Waals surface area contributed by atoms with E-state index < -0.39 is 0 Å². The Balaban J connectivity index is 1.46. The van der Waals surface area contributed by atoms with Crippen LogP contribution in [-0.4, -0.2) is 41.0 Å². The summed E-state index contributed by atoms with van der Waals surface area (Å²) in [7, 11) is 2.24. The van der Waals surface area contributed by atoms with E-state index in [0.717, 1.165) is 19.6 Å². The summed E-state index contributed by atoms with van der Waals surface area (Å²) >= 11 is 0. The third kappa shape index (κ3) is 3.27. The molecule has 3 aromatic rings.